The van der Waals surface area contributed by atoms with Crippen molar-refractivity contribution >= 4 is 51.1 Å². The molecular weight excluding hydrogens is 479 g/mol. The lowest BCUT2D eigenvalue weighted by molar-refractivity contribution is 0.0989. The van der Waals surface area contributed by atoms with E-state index in [4.69, 9.17) is 11.6 Å². The van der Waals surface area contributed by atoms with Crippen molar-refractivity contribution in [3.8, 4) is 0 Å². The van der Waals surface area contributed by atoms with Crippen molar-refractivity contribution in [1.29, 1.82) is 0 Å². The van der Waals surface area contributed by atoms with E-state index in [0.29, 0.717) is 34.1 Å². The van der Waals surface area contributed by atoms with Crippen molar-refractivity contribution < 1.29 is 14.0 Å². The minimum atomic E-state index is -0.645. The number of hydrogen-bond acceptors (Lipinski definition) is 5. The fraction of sp³-hybridized carbons (Fsp3) is 0.167. The van der Waals surface area contributed by atoms with Crippen LogP contribution in [0.3, 0.4) is 0 Å². The smallest absolute Gasteiger partial charge is 0.274 e. The van der Waals surface area contributed by atoms with E-state index in [-0.39, 0.29) is 15.5 Å². The number of halogens is 2. The lowest BCUT2D eigenvalue weighted by Crippen LogP contribution is -2.25. The van der Waals surface area contributed by atoms with Crippen molar-refractivity contribution in [3.05, 3.63) is 91.6 Å². The van der Waals surface area contributed by atoms with E-state index < -0.39 is 23.2 Å². The topological polar surface area (TPSA) is 92.6 Å². The summed E-state index contributed by atoms with van der Waals surface area (Å²) < 4.78 is 14.4. The Labute approximate surface area is 203 Å². The number of aromatic nitrogens is 2. The van der Waals surface area contributed by atoms with Gasteiger partial charge in [-0.1, -0.05) is 36.3 Å². The molecule has 0 aliphatic carbocycles. The Morgan fingerprint density at radius 3 is 2.50 bits per heavy atom. The Hall–Kier alpha value is -3.56. The summed E-state index contributed by atoms with van der Waals surface area (Å²) in [5, 5.41) is 5.92. The number of nitrogens with zero attached hydrogens (tertiary/aromatic N) is 2. The molecule has 10 heteroatoms. The maximum Gasteiger partial charge on any atom is 0.274 e. The Kier molecular flexibility index (Phi) is 6.76. The average molecular weight is 499 g/mol. The van der Waals surface area contributed by atoms with E-state index in [2.05, 4.69) is 15.6 Å². The fourth-order valence-corrected chi connectivity index (χ4v) is 4.70. The average Bonchev–Trinajstić information content (AvgIpc) is 3.18. The summed E-state index contributed by atoms with van der Waals surface area (Å²) in [4.78, 5) is 44.2. The molecular formula is C24H20ClFN4O3S. The highest BCUT2D eigenvalue weighted by Crippen LogP contribution is 2.26. The van der Waals surface area contributed by atoms with Crippen LogP contribution in [0.1, 0.15) is 44.8 Å². The van der Waals surface area contributed by atoms with E-state index in [9.17, 15) is 18.8 Å². The van der Waals surface area contributed by atoms with Gasteiger partial charge in [-0.15, -0.1) is 0 Å². The molecule has 2 aromatic heterocycles. The van der Waals surface area contributed by atoms with Gasteiger partial charge in [0.2, 0.25) is 0 Å². The van der Waals surface area contributed by atoms with Gasteiger partial charge in [0, 0.05) is 28.2 Å². The van der Waals surface area contributed by atoms with Crippen LogP contribution in [0.5, 0.6) is 0 Å². The van der Waals surface area contributed by atoms with Gasteiger partial charge in [0.05, 0.1) is 0 Å². The number of benzene rings is 2. The third-order valence-corrected chi connectivity index (χ3v) is 6.31. The van der Waals surface area contributed by atoms with Gasteiger partial charge in [-0.3, -0.25) is 14.4 Å². The van der Waals surface area contributed by atoms with E-state index in [0.717, 1.165) is 22.2 Å². The molecule has 0 saturated heterocycles. The maximum absolute atomic E-state index is 13.4. The van der Waals surface area contributed by atoms with Crippen LogP contribution in [0.25, 0.3) is 4.96 Å². The monoisotopic (exact) mass is 498 g/mol. The van der Waals surface area contributed by atoms with Crippen LogP contribution in [-0.2, 0) is 6.42 Å². The van der Waals surface area contributed by atoms with Crippen LogP contribution in [-0.4, -0.2) is 21.2 Å². The predicted octanol–water partition coefficient (Wildman–Crippen LogP) is 5.31. The van der Waals surface area contributed by atoms with Crippen molar-refractivity contribution in [1.82, 2.24) is 9.38 Å². The van der Waals surface area contributed by atoms with Gasteiger partial charge < -0.3 is 10.6 Å². The molecule has 0 aliphatic heterocycles. The molecule has 0 spiro atoms. The first-order chi connectivity index (χ1) is 16.3. The zero-order valence-corrected chi connectivity index (χ0v) is 19.9. The van der Waals surface area contributed by atoms with Crippen LogP contribution in [0.2, 0.25) is 5.02 Å². The molecule has 34 heavy (non-hydrogen) atoms. The highest BCUT2D eigenvalue weighted by Gasteiger charge is 2.27. The minimum Gasteiger partial charge on any atom is -0.321 e. The number of thiazole rings is 1. The lowest BCUT2D eigenvalue weighted by atomic mass is 10.2. The molecule has 0 aliphatic rings. The predicted molar refractivity (Wildman–Crippen MR) is 132 cm³/mol. The number of nitrogens with one attached hydrogen (secondary N) is 2. The Bertz CT molecular complexity index is 1460. The van der Waals surface area contributed by atoms with Crippen molar-refractivity contribution in [2.45, 2.75) is 26.7 Å². The lowest BCUT2D eigenvalue weighted by Gasteiger charge is -2.10. The van der Waals surface area contributed by atoms with Crippen LogP contribution in [0.4, 0.5) is 15.8 Å². The Morgan fingerprint density at radius 2 is 1.82 bits per heavy atom. The van der Waals surface area contributed by atoms with Crippen LogP contribution in [0.15, 0.2) is 53.3 Å². The number of rotatable bonds is 6. The van der Waals surface area contributed by atoms with Crippen molar-refractivity contribution in [3.63, 3.8) is 0 Å². The standard InChI is InChI=1S/C24H20ClFN4O3S/c1-3-4-17-12-19(31)30-20(22(32)29-18-10-5-14(25)11-13(18)2)21(34-24(30)28-17)23(33)27-16-8-6-15(26)7-9-16/h5-12H,3-4H2,1-2H3,(H,27,33)(H,29,32). The molecule has 2 aromatic carbocycles. The summed E-state index contributed by atoms with van der Waals surface area (Å²) in [5.41, 5.74) is 1.55. The molecule has 4 aromatic rings. The largest absolute Gasteiger partial charge is 0.321 e. The molecule has 0 atom stereocenters. The van der Waals surface area contributed by atoms with Gasteiger partial charge in [-0.05, 0) is 61.4 Å². The second kappa shape index (κ2) is 9.74. The van der Waals surface area contributed by atoms with Crippen LogP contribution in [0, 0.1) is 12.7 Å². The zero-order valence-electron chi connectivity index (χ0n) is 18.3. The first-order valence-corrected chi connectivity index (χ1v) is 11.7. The Morgan fingerprint density at radius 1 is 1.09 bits per heavy atom. The molecule has 0 radical (unpaired) electrons. The first kappa shape index (κ1) is 23.6. The number of aryl methyl sites for hydroxylation is 2. The van der Waals surface area contributed by atoms with E-state index in [1.165, 1.54) is 30.3 Å². The van der Waals surface area contributed by atoms with E-state index in [1.54, 1.807) is 25.1 Å². The van der Waals surface area contributed by atoms with E-state index >= 15 is 0 Å². The molecule has 4 rings (SSSR count). The molecule has 7 nitrogen and oxygen atoms in total. The molecule has 174 valence electrons. The van der Waals surface area contributed by atoms with E-state index in [1.807, 2.05) is 6.92 Å². The van der Waals surface area contributed by atoms with Crippen molar-refractivity contribution in [2.24, 2.45) is 0 Å². The molecule has 2 N–H and O–H groups in total. The number of hydrogen-bond donors (Lipinski definition) is 2. The number of fused-ring (bicyclic) bond motifs is 1. The first-order valence-electron chi connectivity index (χ1n) is 10.5. The quantitative estimate of drug-likeness (QED) is 0.376. The number of anilines is 2. The van der Waals surface area contributed by atoms with Crippen LogP contribution < -0.4 is 16.2 Å². The molecule has 2 amide bonds. The summed E-state index contributed by atoms with van der Waals surface area (Å²) in [7, 11) is 0. The second-order valence-corrected chi connectivity index (χ2v) is 9.02. The SMILES string of the molecule is CCCc1cc(=O)n2c(C(=O)Nc3ccc(Cl)cc3C)c(C(=O)Nc3ccc(F)cc3)sc2n1. The summed E-state index contributed by atoms with van der Waals surface area (Å²) in [5.74, 6) is -1.71. The van der Waals surface area contributed by atoms with Crippen LogP contribution >= 0.6 is 22.9 Å². The highest BCUT2D eigenvalue weighted by molar-refractivity contribution is 7.19. The van der Waals surface area contributed by atoms with Gasteiger partial charge in [0.1, 0.15) is 16.4 Å². The third kappa shape index (κ3) is 4.85. The van der Waals surface area contributed by atoms with Gasteiger partial charge in [0.15, 0.2) is 4.96 Å². The number of carbonyl (C=O) groups is 2. The number of amides is 2. The highest BCUT2D eigenvalue weighted by atomic mass is 35.5. The maximum atomic E-state index is 13.4. The van der Waals surface area contributed by atoms with Gasteiger partial charge >= 0.3 is 0 Å². The zero-order chi connectivity index (χ0) is 24.4. The summed E-state index contributed by atoms with van der Waals surface area (Å²) in [6.45, 7) is 3.74. The van der Waals surface area contributed by atoms with Crippen molar-refractivity contribution in [2.75, 3.05) is 10.6 Å². The van der Waals surface area contributed by atoms with Gasteiger partial charge in [0.25, 0.3) is 17.4 Å². The second-order valence-electron chi connectivity index (χ2n) is 7.61. The molecule has 0 unspecified atom stereocenters. The normalized spacial score (nSPS) is 10.9. The molecule has 2 heterocycles. The fourth-order valence-electron chi connectivity index (χ4n) is 3.43. The Balaban J connectivity index is 1.81. The van der Waals surface area contributed by atoms with Gasteiger partial charge in [-0.25, -0.2) is 13.8 Å². The summed E-state index contributed by atoms with van der Waals surface area (Å²) in [6.07, 6.45) is 1.38. The van der Waals surface area contributed by atoms with Gasteiger partial charge in [-0.2, -0.15) is 0 Å². The number of carbonyl (C=O) groups excluding carboxylic acids is 2. The summed E-state index contributed by atoms with van der Waals surface area (Å²) >= 11 is 6.94. The molecule has 0 saturated carbocycles. The molecule has 0 fully saturated rings. The molecule has 0 bridgehead atoms. The third-order valence-electron chi connectivity index (χ3n) is 5.04. The summed E-state index contributed by atoms with van der Waals surface area (Å²) in [6, 6.07) is 11.6. The minimum absolute atomic E-state index is 0.00619.